The number of rotatable bonds is 4. The summed E-state index contributed by atoms with van der Waals surface area (Å²) >= 11 is 11.9. The van der Waals surface area contributed by atoms with E-state index in [1.807, 2.05) is 41.4 Å². The van der Waals surface area contributed by atoms with Crippen LogP contribution in [0.5, 0.6) is 0 Å². The lowest BCUT2D eigenvalue weighted by Gasteiger charge is -2.28. The second-order valence-electron chi connectivity index (χ2n) is 6.51. The molecule has 1 saturated heterocycles. The SMILES string of the molecule is S=C1Nc2ccc(Cl)cc2C(c2ccccc2)=NN1CCN1CCOCC1. The van der Waals surface area contributed by atoms with E-state index in [1.54, 1.807) is 0 Å². The molecule has 0 bridgehead atoms. The predicted molar refractivity (Wildman–Crippen MR) is 114 cm³/mol. The highest BCUT2D eigenvalue weighted by atomic mass is 35.5. The Bertz CT molecular complexity index is 852. The molecule has 4 rings (SSSR count). The Hall–Kier alpha value is -1.99. The molecule has 140 valence electrons. The Morgan fingerprint density at radius 2 is 1.85 bits per heavy atom. The van der Waals surface area contributed by atoms with Gasteiger partial charge in [-0.25, -0.2) is 5.01 Å². The van der Waals surface area contributed by atoms with Crippen molar-refractivity contribution < 1.29 is 4.74 Å². The highest BCUT2D eigenvalue weighted by Gasteiger charge is 2.22. The zero-order valence-electron chi connectivity index (χ0n) is 14.9. The lowest BCUT2D eigenvalue weighted by atomic mass is 10.0. The fourth-order valence-corrected chi connectivity index (χ4v) is 3.66. The van der Waals surface area contributed by atoms with Crippen molar-refractivity contribution in [2.45, 2.75) is 0 Å². The molecule has 2 aromatic carbocycles. The first-order valence-corrected chi connectivity index (χ1v) is 9.82. The largest absolute Gasteiger partial charge is 0.379 e. The van der Waals surface area contributed by atoms with Gasteiger partial charge in [-0.05, 0) is 30.4 Å². The molecule has 2 aliphatic rings. The number of fused-ring (bicyclic) bond motifs is 1. The molecule has 1 N–H and O–H groups in total. The van der Waals surface area contributed by atoms with Crippen LogP contribution in [0.15, 0.2) is 53.6 Å². The van der Waals surface area contributed by atoms with Crippen molar-refractivity contribution in [2.24, 2.45) is 5.10 Å². The monoisotopic (exact) mass is 400 g/mol. The van der Waals surface area contributed by atoms with E-state index < -0.39 is 0 Å². The van der Waals surface area contributed by atoms with Gasteiger partial charge in [0, 0.05) is 41.5 Å². The number of hydrazone groups is 1. The first kappa shape index (κ1) is 18.4. The summed E-state index contributed by atoms with van der Waals surface area (Å²) in [5.41, 5.74) is 3.76. The molecule has 2 aromatic rings. The minimum Gasteiger partial charge on any atom is -0.379 e. The fourth-order valence-electron chi connectivity index (χ4n) is 3.24. The third-order valence-corrected chi connectivity index (χ3v) is 5.26. The summed E-state index contributed by atoms with van der Waals surface area (Å²) in [4.78, 5) is 2.37. The lowest BCUT2D eigenvalue weighted by Crippen LogP contribution is -2.42. The van der Waals surface area contributed by atoms with Gasteiger partial charge in [-0.15, -0.1) is 0 Å². The molecular weight excluding hydrogens is 380 g/mol. The van der Waals surface area contributed by atoms with Gasteiger partial charge in [0.05, 0.1) is 19.8 Å². The molecule has 2 heterocycles. The molecule has 2 aliphatic heterocycles. The maximum Gasteiger partial charge on any atom is 0.194 e. The fraction of sp³-hybridized carbons (Fsp3) is 0.300. The van der Waals surface area contributed by atoms with Crippen molar-refractivity contribution in [2.75, 3.05) is 44.7 Å². The number of halogens is 1. The van der Waals surface area contributed by atoms with Crippen LogP contribution >= 0.6 is 23.8 Å². The normalized spacial score (nSPS) is 17.7. The summed E-state index contributed by atoms with van der Waals surface area (Å²) < 4.78 is 5.43. The van der Waals surface area contributed by atoms with Gasteiger partial charge < -0.3 is 10.1 Å². The standard InChI is InChI=1S/C20H21ClN4OS/c21-16-6-7-18-17(14-16)19(15-4-2-1-3-5-15)23-25(20(27)22-18)9-8-24-10-12-26-13-11-24/h1-7,14H,8-13H2,(H,22,27). The van der Waals surface area contributed by atoms with Crippen LogP contribution in [-0.4, -0.2) is 60.1 Å². The third kappa shape index (κ3) is 4.30. The zero-order valence-corrected chi connectivity index (χ0v) is 16.5. The molecule has 0 unspecified atom stereocenters. The molecule has 0 saturated carbocycles. The van der Waals surface area contributed by atoms with Crippen LogP contribution in [0.1, 0.15) is 11.1 Å². The van der Waals surface area contributed by atoms with Crippen LogP contribution in [0, 0.1) is 0 Å². The Morgan fingerprint density at radius 1 is 1.07 bits per heavy atom. The Kier molecular flexibility index (Phi) is 5.69. The average Bonchev–Trinajstić information content (AvgIpc) is 2.84. The molecule has 7 heteroatoms. The van der Waals surface area contributed by atoms with Crippen molar-refractivity contribution in [3.05, 3.63) is 64.7 Å². The van der Waals surface area contributed by atoms with Crippen LogP contribution in [0.2, 0.25) is 5.02 Å². The van der Waals surface area contributed by atoms with Gasteiger partial charge in [-0.1, -0.05) is 41.9 Å². The summed E-state index contributed by atoms with van der Waals surface area (Å²) in [6.45, 7) is 5.05. The van der Waals surface area contributed by atoms with Crippen LogP contribution in [0.3, 0.4) is 0 Å². The molecule has 0 radical (unpaired) electrons. The number of ether oxygens (including phenoxy) is 1. The summed E-state index contributed by atoms with van der Waals surface area (Å²) in [6.07, 6.45) is 0. The van der Waals surface area contributed by atoms with Crippen LogP contribution in [0.4, 0.5) is 5.69 Å². The Morgan fingerprint density at radius 3 is 2.63 bits per heavy atom. The topological polar surface area (TPSA) is 40.1 Å². The van der Waals surface area contributed by atoms with Gasteiger partial charge in [0.1, 0.15) is 5.71 Å². The number of thiocarbonyl (C=S) groups is 1. The van der Waals surface area contributed by atoms with E-state index in [-0.39, 0.29) is 0 Å². The van der Waals surface area contributed by atoms with Crippen molar-refractivity contribution >= 4 is 40.3 Å². The van der Waals surface area contributed by atoms with Crippen LogP contribution in [0.25, 0.3) is 0 Å². The van der Waals surface area contributed by atoms with E-state index in [9.17, 15) is 0 Å². The average molecular weight is 401 g/mol. The molecule has 0 amide bonds. The van der Waals surface area contributed by atoms with Crippen LogP contribution < -0.4 is 5.32 Å². The third-order valence-electron chi connectivity index (χ3n) is 4.71. The highest BCUT2D eigenvalue weighted by Crippen LogP contribution is 2.27. The van der Waals surface area contributed by atoms with Gasteiger partial charge in [0.25, 0.3) is 0 Å². The Balaban J connectivity index is 1.66. The van der Waals surface area contributed by atoms with Crippen molar-refractivity contribution in [3.8, 4) is 0 Å². The number of nitrogens with one attached hydrogen (secondary N) is 1. The second kappa shape index (κ2) is 8.35. The predicted octanol–water partition coefficient (Wildman–Crippen LogP) is 3.44. The molecule has 0 atom stereocenters. The van der Waals surface area contributed by atoms with Gasteiger partial charge >= 0.3 is 0 Å². The molecule has 1 fully saturated rings. The van der Waals surface area contributed by atoms with E-state index in [2.05, 4.69) is 22.3 Å². The smallest absolute Gasteiger partial charge is 0.194 e. The minimum absolute atomic E-state index is 0.595. The number of hydrogen-bond acceptors (Lipinski definition) is 4. The van der Waals surface area contributed by atoms with E-state index in [0.717, 1.165) is 55.4 Å². The van der Waals surface area contributed by atoms with Crippen molar-refractivity contribution in [3.63, 3.8) is 0 Å². The first-order chi connectivity index (χ1) is 13.2. The quantitative estimate of drug-likeness (QED) is 0.796. The Labute approximate surface area is 169 Å². The number of anilines is 1. The molecule has 0 aromatic heterocycles. The summed E-state index contributed by atoms with van der Waals surface area (Å²) in [7, 11) is 0. The minimum atomic E-state index is 0.595. The molecule has 0 spiro atoms. The summed E-state index contributed by atoms with van der Waals surface area (Å²) in [6, 6.07) is 15.9. The van der Waals surface area contributed by atoms with E-state index >= 15 is 0 Å². The van der Waals surface area contributed by atoms with Gasteiger partial charge in [-0.2, -0.15) is 5.10 Å². The zero-order chi connectivity index (χ0) is 18.6. The van der Waals surface area contributed by atoms with Gasteiger partial charge in [0.2, 0.25) is 0 Å². The first-order valence-electron chi connectivity index (χ1n) is 9.03. The lowest BCUT2D eigenvalue weighted by molar-refractivity contribution is 0.0360. The van der Waals surface area contributed by atoms with Crippen molar-refractivity contribution in [1.29, 1.82) is 0 Å². The van der Waals surface area contributed by atoms with Gasteiger partial charge in [-0.3, -0.25) is 4.90 Å². The maximum atomic E-state index is 6.27. The number of benzene rings is 2. The highest BCUT2D eigenvalue weighted by molar-refractivity contribution is 7.80. The maximum absolute atomic E-state index is 6.27. The summed E-state index contributed by atoms with van der Waals surface area (Å²) in [5.74, 6) is 0. The number of hydrogen-bond donors (Lipinski definition) is 1. The van der Waals surface area contributed by atoms with E-state index in [0.29, 0.717) is 16.7 Å². The second-order valence-corrected chi connectivity index (χ2v) is 7.33. The van der Waals surface area contributed by atoms with Gasteiger partial charge in [0.15, 0.2) is 5.11 Å². The molecule has 27 heavy (non-hydrogen) atoms. The molecular formula is C20H21ClN4OS. The molecule has 5 nitrogen and oxygen atoms in total. The van der Waals surface area contributed by atoms with E-state index in [4.69, 9.17) is 33.7 Å². The number of nitrogens with zero attached hydrogens (tertiary/aromatic N) is 3. The molecule has 0 aliphatic carbocycles. The van der Waals surface area contributed by atoms with E-state index in [1.165, 1.54) is 0 Å². The van der Waals surface area contributed by atoms with Crippen LogP contribution in [-0.2, 0) is 4.74 Å². The number of morpholine rings is 1. The van der Waals surface area contributed by atoms with Crippen molar-refractivity contribution in [1.82, 2.24) is 9.91 Å². The summed E-state index contributed by atoms with van der Waals surface area (Å²) in [5, 5.41) is 11.4.